The van der Waals surface area contributed by atoms with Crippen molar-refractivity contribution in [1.82, 2.24) is 4.90 Å². The van der Waals surface area contributed by atoms with E-state index in [9.17, 15) is 4.79 Å². The molecule has 0 saturated carbocycles. The number of rotatable bonds is 3. The Balaban J connectivity index is 0.00000180. The molecule has 1 saturated heterocycles. The summed E-state index contributed by atoms with van der Waals surface area (Å²) in [5.41, 5.74) is 6.77. The highest BCUT2D eigenvalue weighted by Crippen LogP contribution is 2.21. The number of carbonyl (C=O) groups excluding carboxylic acids is 1. The molecule has 2 atom stereocenters. The zero-order chi connectivity index (χ0) is 13.1. The number of hydrogen-bond donors (Lipinski definition) is 1. The van der Waals surface area contributed by atoms with Crippen LogP contribution in [0.3, 0.4) is 0 Å². The van der Waals surface area contributed by atoms with Gasteiger partial charge in [0.2, 0.25) is 5.91 Å². The zero-order valence-electron chi connectivity index (χ0n) is 11.0. The molecule has 2 unspecified atom stereocenters. The van der Waals surface area contributed by atoms with Crippen molar-refractivity contribution in [3.8, 4) is 0 Å². The van der Waals surface area contributed by atoms with Gasteiger partial charge in [0.05, 0.1) is 6.42 Å². The van der Waals surface area contributed by atoms with Gasteiger partial charge < -0.3 is 10.6 Å². The first-order chi connectivity index (χ1) is 8.58. The summed E-state index contributed by atoms with van der Waals surface area (Å²) in [6.45, 7) is 3.60. The van der Waals surface area contributed by atoms with Crippen LogP contribution in [0.25, 0.3) is 0 Å². The number of benzene rings is 1. The van der Waals surface area contributed by atoms with E-state index < -0.39 is 0 Å². The first-order valence-corrected chi connectivity index (χ1v) is 6.72. The molecule has 0 radical (unpaired) electrons. The zero-order valence-corrected chi connectivity index (χ0v) is 12.6. The Bertz CT molecular complexity index is 437. The topological polar surface area (TPSA) is 46.3 Å². The van der Waals surface area contributed by atoms with Crippen LogP contribution in [0, 0.1) is 5.92 Å². The Labute approximate surface area is 125 Å². The SMILES string of the molecule is CC(N)C1CCN(C(=O)Cc2ccccc2Cl)C1.Cl. The number of carbonyl (C=O) groups is 1. The molecule has 5 heteroatoms. The van der Waals surface area contributed by atoms with Gasteiger partial charge in [-0.1, -0.05) is 29.8 Å². The number of nitrogens with two attached hydrogens (primary N) is 1. The molecule has 0 aromatic heterocycles. The molecule has 106 valence electrons. The Morgan fingerprint density at radius 2 is 2.21 bits per heavy atom. The minimum atomic E-state index is 0. The van der Waals surface area contributed by atoms with Crippen molar-refractivity contribution in [1.29, 1.82) is 0 Å². The molecule has 2 N–H and O–H groups in total. The van der Waals surface area contributed by atoms with E-state index in [2.05, 4.69) is 0 Å². The monoisotopic (exact) mass is 302 g/mol. The molecule has 19 heavy (non-hydrogen) atoms. The summed E-state index contributed by atoms with van der Waals surface area (Å²) in [6, 6.07) is 7.66. The van der Waals surface area contributed by atoms with Crippen LogP contribution >= 0.6 is 24.0 Å². The van der Waals surface area contributed by atoms with Crippen molar-refractivity contribution in [3.05, 3.63) is 34.9 Å². The molecule has 1 fully saturated rings. The molecule has 2 rings (SSSR count). The van der Waals surface area contributed by atoms with E-state index in [0.29, 0.717) is 17.4 Å². The quantitative estimate of drug-likeness (QED) is 0.932. The van der Waals surface area contributed by atoms with Crippen molar-refractivity contribution in [3.63, 3.8) is 0 Å². The van der Waals surface area contributed by atoms with Gasteiger partial charge in [0.15, 0.2) is 0 Å². The van der Waals surface area contributed by atoms with Crippen molar-refractivity contribution in [2.45, 2.75) is 25.8 Å². The Morgan fingerprint density at radius 1 is 1.53 bits per heavy atom. The first-order valence-electron chi connectivity index (χ1n) is 6.34. The summed E-state index contributed by atoms with van der Waals surface area (Å²) in [6.07, 6.45) is 1.39. The summed E-state index contributed by atoms with van der Waals surface area (Å²) in [5.74, 6) is 0.575. The van der Waals surface area contributed by atoms with E-state index in [4.69, 9.17) is 17.3 Å². The van der Waals surface area contributed by atoms with Crippen molar-refractivity contribution < 1.29 is 4.79 Å². The molecular formula is C14H20Cl2N2O. The fourth-order valence-electron chi connectivity index (χ4n) is 2.36. The van der Waals surface area contributed by atoms with Crippen LogP contribution < -0.4 is 5.73 Å². The lowest BCUT2D eigenvalue weighted by molar-refractivity contribution is -0.129. The summed E-state index contributed by atoms with van der Waals surface area (Å²) < 4.78 is 0. The van der Waals surface area contributed by atoms with E-state index in [-0.39, 0.29) is 24.4 Å². The van der Waals surface area contributed by atoms with Crippen molar-refractivity contribution >= 4 is 29.9 Å². The van der Waals surface area contributed by atoms with Gasteiger partial charge in [-0.25, -0.2) is 0 Å². The third-order valence-electron chi connectivity index (χ3n) is 3.62. The van der Waals surface area contributed by atoms with Crippen LogP contribution in [-0.4, -0.2) is 29.9 Å². The summed E-state index contributed by atoms with van der Waals surface area (Å²) in [4.78, 5) is 14.1. The fraction of sp³-hybridized carbons (Fsp3) is 0.500. The Morgan fingerprint density at radius 3 is 2.79 bits per heavy atom. The van der Waals surface area contributed by atoms with Crippen LogP contribution in [0.5, 0.6) is 0 Å². The normalized spacial score (nSPS) is 19.9. The molecule has 1 aliphatic rings. The molecular weight excluding hydrogens is 283 g/mol. The number of amides is 1. The average molecular weight is 303 g/mol. The predicted molar refractivity (Wildman–Crippen MR) is 80.7 cm³/mol. The van der Waals surface area contributed by atoms with Crippen LogP contribution in [-0.2, 0) is 11.2 Å². The van der Waals surface area contributed by atoms with E-state index in [1.54, 1.807) is 0 Å². The molecule has 3 nitrogen and oxygen atoms in total. The molecule has 1 aromatic rings. The molecule has 1 aliphatic heterocycles. The number of nitrogens with zero attached hydrogens (tertiary/aromatic N) is 1. The molecule has 1 heterocycles. The summed E-state index contributed by atoms with van der Waals surface area (Å²) >= 11 is 6.06. The van der Waals surface area contributed by atoms with E-state index in [1.165, 1.54) is 0 Å². The second-order valence-corrected chi connectivity index (χ2v) is 5.42. The summed E-state index contributed by atoms with van der Waals surface area (Å²) in [5, 5.41) is 0.661. The first kappa shape index (κ1) is 16.3. The van der Waals surface area contributed by atoms with Gasteiger partial charge in [0.25, 0.3) is 0 Å². The minimum Gasteiger partial charge on any atom is -0.342 e. The third-order valence-corrected chi connectivity index (χ3v) is 3.99. The van der Waals surface area contributed by atoms with Gasteiger partial charge in [-0.2, -0.15) is 0 Å². The molecule has 0 aliphatic carbocycles. The molecule has 0 spiro atoms. The Kier molecular flexibility index (Phi) is 6.11. The molecule has 1 aromatic carbocycles. The maximum atomic E-state index is 12.2. The lowest BCUT2D eigenvalue weighted by atomic mass is 10.0. The lowest BCUT2D eigenvalue weighted by Crippen LogP contribution is -2.33. The number of likely N-dealkylation sites (tertiary alicyclic amines) is 1. The van der Waals surface area contributed by atoms with Gasteiger partial charge in [-0.05, 0) is 30.9 Å². The highest BCUT2D eigenvalue weighted by molar-refractivity contribution is 6.31. The maximum Gasteiger partial charge on any atom is 0.227 e. The van der Waals surface area contributed by atoms with E-state index in [0.717, 1.165) is 25.1 Å². The predicted octanol–water partition coefficient (Wildman–Crippen LogP) is 2.50. The third kappa shape index (κ3) is 4.10. The smallest absolute Gasteiger partial charge is 0.227 e. The Hall–Kier alpha value is -0.770. The van der Waals surface area contributed by atoms with Crippen molar-refractivity contribution in [2.24, 2.45) is 11.7 Å². The lowest BCUT2D eigenvalue weighted by Gasteiger charge is -2.18. The average Bonchev–Trinajstić information content (AvgIpc) is 2.81. The molecule has 1 amide bonds. The second-order valence-electron chi connectivity index (χ2n) is 5.02. The van der Waals surface area contributed by atoms with Gasteiger partial charge in [0, 0.05) is 24.2 Å². The molecule has 0 bridgehead atoms. The van der Waals surface area contributed by atoms with Crippen LogP contribution in [0.15, 0.2) is 24.3 Å². The minimum absolute atomic E-state index is 0. The highest BCUT2D eigenvalue weighted by Gasteiger charge is 2.28. The largest absolute Gasteiger partial charge is 0.342 e. The second kappa shape index (κ2) is 7.13. The van der Waals surface area contributed by atoms with Crippen LogP contribution in [0.1, 0.15) is 18.9 Å². The number of hydrogen-bond acceptors (Lipinski definition) is 2. The van der Waals surface area contributed by atoms with Gasteiger partial charge in [0.1, 0.15) is 0 Å². The maximum absolute atomic E-state index is 12.2. The van der Waals surface area contributed by atoms with E-state index in [1.807, 2.05) is 36.1 Å². The van der Waals surface area contributed by atoms with Gasteiger partial charge >= 0.3 is 0 Å². The van der Waals surface area contributed by atoms with Gasteiger partial charge in [-0.15, -0.1) is 12.4 Å². The van der Waals surface area contributed by atoms with Crippen molar-refractivity contribution in [2.75, 3.05) is 13.1 Å². The van der Waals surface area contributed by atoms with E-state index >= 15 is 0 Å². The number of halogens is 2. The van der Waals surface area contributed by atoms with Crippen LogP contribution in [0.2, 0.25) is 5.02 Å². The van der Waals surface area contributed by atoms with Crippen LogP contribution in [0.4, 0.5) is 0 Å². The van der Waals surface area contributed by atoms with Gasteiger partial charge in [-0.3, -0.25) is 4.79 Å². The highest BCUT2D eigenvalue weighted by atomic mass is 35.5. The fourth-order valence-corrected chi connectivity index (χ4v) is 2.56. The standard InChI is InChI=1S/C14H19ClN2O.ClH/c1-10(16)12-6-7-17(9-12)14(18)8-11-4-2-3-5-13(11)15;/h2-5,10,12H,6-9,16H2,1H3;1H. The summed E-state index contributed by atoms with van der Waals surface area (Å²) in [7, 11) is 0.